The summed E-state index contributed by atoms with van der Waals surface area (Å²) in [6, 6.07) is 7.29. The van der Waals surface area contributed by atoms with Crippen LogP contribution in [0.15, 0.2) is 30.5 Å². The summed E-state index contributed by atoms with van der Waals surface area (Å²) in [7, 11) is 1.56. The highest BCUT2D eigenvalue weighted by Gasteiger charge is 2.12. The van der Waals surface area contributed by atoms with Crippen molar-refractivity contribution in [3.8, 4) is 5.75 Å². The second-order valence-electron chi connectivity index (χ2n) is 3.09. The number of hydrogen-bond donors (Lipinski definition) is 1. The molecule has 0 saturated heterocycles. The van der Waals surface area contributed by atoms with Gasteiger partial charge in [0.1, 0.15) is 11.9 Å². The lowest BCUT2D eigenvalue weighted by molar-refractivity contribution is -0.380. The Morgan fingerprint density at radius 1 is 1.47 bits per heavy atom. The summed E-state index contributed by atoms with van der Waals surface area (Å²) in [4.78, 5) is 14.0. The molecule has 0 bridgehead atoms. The number of para-hydroxylation sites is 2. The van der Waals surface area contributed by atoms with E-state index in [1.54, 1.807) is 13.2 Å². The van der Waals surface area contributed by atoms with Crippen LogP contribution >= 0.6 is 11.3 Å². The van der Waals surface area contributed by atoms with E-state index in [-0.39, 0.29) is 5.00 Å². The third-order valence-electron chi connectivity index (χ3n) is 2.02. The van der Waals surface area contributed by atoms with E-state index in [1.807, 2.05) is 18.2 Å². The number of ether oxygens (including phenoxy) is 1. The van der Waals surface area contributed by atoms with Gasteiger partial charge in [-0.05, 0) is 23.5 Å². The third kappa shape index (κ3) is 2.51. The standard InChI is InChI=1S/C10H9N3O3S/c1-16-8-5-3-2-4-7(8)12-10-11-6-9(17-10)13(14)15/h2-6H,1H3,(H,11,12). The summed E-state index contributed by atoms with van der Waals surface area (Å²) in [5, 5.41) is 14.0. The van der Waals surface area contributed by atoms with Crippen molar-refractivity contribution >= 4 is 27.2 Å². The summed E-state index contributed by atoms with van der Waals surface area (Å²) in [6.45, 7) is 0. The van der Waals surface area contributed by atoms with E-state index < -0.39 is 4.92 Å². The Kier molecular flexibility index (Phi) is 3.20. The molecule has 0 amide bonds. The van der Waals surface area contributed by atoms with Crippen LogP contribution < -0.4 is 10.1 Å². The Morgan fingerprint density at radius 3 is 2.88 bits per heavy atom. The predicted molar refractivity (Wildman–Crippen MR) is 65.0 cm³/mol. The molecule has 0 aliphatic rings. The van der Waals surface area contributed by atoms with Gasteiger partial charge >= 0.3 is 5.00 Å². The Morgan fingerprint density at radius 2 is 2.24 bits per heavy atom. The van der Waals surface area contributed by atoms with Gasteiger partial charge in [0.25, 0.3) is 0 Å². The number of aromatic nitrogens is 1. The van der Waals surface area contributed by atoms with Crippen LogP contribution in [0.5, 0.6) is 5.75 Å². The van der Waals surface area contributed by atoms with Crippen LogP contribution in [0, 0.1) is 10.1 Å². The monoisotopic (exact) mass is 251 g/mol. The van der Waals surface area contributed by atoms with E-state index in [0.717, 1.165) is 17.0 Å². The van der Waals surface area contributed by atoms with E-state index in [4.69, 9.17) is 4.74 Å². The molecule has 0 spiro atoms. The first-order valence-corrected chi connectivity index (χ1v) is 5.52. The van der Waals surface area contributed by atoms with E-state index >= 15 is 0 Å². The van der Waals surface area contributed by atoms with Crippen molar-refractivity contribution in [3.05, 3.63) is 40.6 Å². The van der Waals surface area contributed by atoms with E-state index in [0.29, 0.717) is 10.9 Å². The molecular formula is C10H9N3O3S. The fourth-order valence-corrected chi connectivity index (χ4v) is 1.92. The van der Waals surface area contributed by atoms with Crippen molar-refractivity contribution < 1.29 is 9.66 Å². The topological polar surface area (TPSA) is 77.3 Å². The number of nitrogens with one attached hydrogen (secondary N) is 1. The number of rotatable bonds is 4. The van der Waals surface area contributed by atoms with Gasteiger partial charge in [-0.25, -0.2) is 4.98 Å². The molecule has 1 aromatic heterocycles. The van der Waals surface area contributed by atoms with E-state index in [9.17, 15) is 10.1 Å². The highest BCUT2D eigenvalue weighted by molar-refractivity contribution is 7.18. The smallest absolute Gasteiger partial charge is 0.345 e. The lowest BCUT2D eigenvalue weighted by Crippen LogP contribution is -1.93. The highest BCUT2D eigenvalue weighted by atomic mass is 32.1. The predicted octanol–water partition coefficient (Wildman–Crippen LogP) is 2.80. The van der Waals surface area contributed by atoms with Gasteiger partial charge in [0.05, 0.1) is 17.7 Å². The second kappa shape index (κ2) is 4.79. The van der Waals surface area contributed by atoms with Crippen molar-refractivity contribution in [3.63, 3.8) is 0 Å². The zero-order chi connectivity index (χ0) is 12.3. The maximum absolute atomic E-state index is 10.5. The first-order chi connectivity index (χ1) is 8.20. The van der Waals surface area contributed by atoms with Crippen molar-refractivity contribution in [1.82, 2.24) is 4.98 Å². The second-order valence-corrected chi connectivity index (χ2v) is 4.10. The molecule has 1 heterocycles. The number of nitro groups is 1. The number of methoxy groups -OCH3 is 1. The summed E-state index contributed by atoms with van der Waals surface area (Å²) in [6.07, 6.45) is 1.22. The van der Waals surface area contributed by atoms with Crippen LogP contribution in [0.25, 0.3) is 0 Å². The van der Waals surface area contributed by atoms with Crippen molar-refractivity contribution in [1.29, 1.82) is 0 Å². The van der Waals surface area contributed by atoms with Crippen LogP contribution in [0.3, 0.4) is 0 Å². The van der Waals surface area contributed by atoms with Gasteiger partial charge < -0.3 is 10.1 Å². The van der Waals surface area contributed by atoms with E-state index in [2.05, 4.69) is 10.3 Å². The van der Waals surface area contributed by atoms with Crippen LogP contribution in [0.1, 0.15) is 0 Å². The number of nitrogens with zero attached hydrogens (tertiary/aromatic N) is 2. The lowest BCUT2D eigenvalue weighted by atomic mass is 10.3. The first-order valence-electron chi connectivity index (χ1n) is 4.71. The molecule has 0 fully saturated rings. The maximum atomic E-state index is 10.5. The fourth-order valence-electron chi connectivity index (χ4n) is 1.27. The normalized spacial score (nSPS) is 9.94. The van der Waals surface area contributed by atoms with Gasteiger partial charge in [-0.1, -0.05) is 12.1 Å². The van der Waals surface area contributed by atoms with Crippen molar-refractivity contribution in [2.45, 2.75) is 0 Å². The molecular weight excluding hydrogens is 242 g/mol. The van der Waals surface area contributed by atoms with Gasteiger partial charge in [0.15, 0.2) is 5.13 Å². The molecule has 17 heavy (non-hydrogen) atoms. The Hall–Kier alpha value is -2.15. The number of hydrogen-bond acceptors (Lipinski definition) is 6. The van der Waals surface area contributed by atoms with Crippen LogP contribution in [-0.2, 0) is 0 Å². The molecule has 6 nitrogen and oxygen atoms in total. The van der Waals surface area contributed by atoms with E-state index in [1.165, 1.54) is 6.20 Å². The van der Waals surface area contributed by atoms with Gasteiger partial charge in [-0.15, -0.1) is 0 Å². The minimum Gasteiger partial charge on any atom is -0.495 e. The summed E-state index contributed by atoms with van der Waals surface area (Å²) < 4.78 is 5.15. The third-order valence-corrected chi connectivity index (χ3v) is 2.89. The zero-order valence-electron chi connectivity index (χ0n) is 8.91. The number of anilines is 2. The Bertz CT molecular complexity index is 541. The van der Waals surface area contributed by atoms with Crippen LogP contribution in [0.4, 0.5) is 15.8 Å². The van der Waals surface area contributed by atoms with Crippen LogP contribution in [0.2, 0.25) is 0 Å². The molecule has 1 N–H and O–H groups in total. The van der Waals surface area contributed by atoms with Crippen molar-refractivity contribution in [2.75, 3.05) is 12.4 Å². The molecule has 0 atom stereocenters. The van der Waals surface area contributed by atoms with Gasteiger partial charge in [0, 0.05) is 0 Å². The largest absolute Gasteiger partial charge is 0.495 e. The molecule has 1 aromatic carbocycles. The van der Waals surface area contributed by atoms with Crippen molar-refractivity contribution in [2.24, 2.45) is 0 Å². The molecule has 0 saturated carbocycles. The van der Waals surface area contributed by atoms with Gasteiger partial charge in [-0.2, -0.15) is 0 Å². The minimum absolute atomic E-state index is 0.00222. The summed E-state index contributed by atoms with van der Waals surface area (Å²) >= 11 is 0.978. The molecule has 0 unspecified atom stereocenters. The minimum atomic E-state index is -0.467. The summed E-state index contributed by atoms with van der Waals surface area (Å²) in [5.74, 6) is 0.658. The average molecular weight is 251 g/mol. The number of benzene rings is 1. The average Bonchev–Trinajstić information content (AvgIpc) is 2.78. The van der Waals surface area contributed by atoms with Gasteiger partial charge in [-0.3, -0.25) is 10.1 Å². The molecule has 7 heteroatoms. The molecule has 0 radical (unpaired) electrons. The number of thiazole rings is 1. The quantitative estimate of drug-likeness (QED) is 0.667. The lowest BCUT2D eigenvalue weighted by Gasteiger charge is -2.07. The maximum Gasteiger partial charge on any atom is 0.345 e. The first kappa shape index (κ1) is 11.3. The SMILES string of the molecule is COc1ccccc1Nc1ncc([N+](=O)[O-])s1. The summed E-state index contributed by atoms with van der Waals surface area (Å²) in [5.41, 5.74) is 0.722. The molecule has 0 aliphatic heterocycles. The highest BCUT2D eigenvalue weighted by Crippen LogP contribution is 2.31. The van der Waals surface area contributed by atoms with Crippen LogP contribution in [-0.4, -0.2) is 17.0 Å². The zero-order valence-corrected chi connectivity index (χ0v) is 9.73. The fraction of sp³-hybridized carbons (Fsp3) is 0.100. The Labute approximate surface area is 101 Å². The molecule has 88 valence electrons. The molecule has 2 rings (SSSR count). The van der Waals surface area contributed by atoms with Gasteiger partial charge in [0.2, 0.25) is 0 Å². The molecule has 2 aromatic rings. The Balaban J connectivity index is 2.22. The molecule has 0 aliphatic carbocycles.